The van der Waals surface area contributed by atoms with Crippen LogP contribution >= 0.6 is 11.6 Å². The highest BCUT2D eigenvalue weighted by molar-refractivity contribution is 6.32. The first kappa shape index (κ1) is 15.9. The Morgan fingerprint density at radius 1 is 1.12 bits per heavy atom. The van der Waals surface area contributed by atoms with E-state index in [1.54, 1.807) is 49.7 Å². The monoisotopic (exact) mass is 342 g/mol. The molecule has 4 N–H and O–H groups in total. The largest absolute Gasteiger partial charge is 0.507 e. The molecule has 0 aliphatic rings. The second kappa shape index (κ2) is 6.64. The molecule has 0 radical (unpaired) electrons. The highest BCUT2D eigenvalue weighted by atomic mass is 35.5. The Labute approximate surface area is 143 Å². The highest BCUT2D eigenvalue weighted by Crippen LogP contribution is 2.33. The molecule has 0 aliphatic carbocycles. The molecule has 1 aromatic heterocycles. The number of hydrogen-bond donors (Lipinski definition) is 3. The van der Waals surface area contributed by atoms with Gasteiger partial charge in [-0.15, -0.1) is 0 Å². The average Bonchev–Trinajstić information content (AvgIpc) is 2.57. The minimum atomic E-state index is 0.103. The number of phenolic OH excluding ortho intramolecular Hbond substituents is 1. The van der Waals surface area contributed by atoms with Crippen molar-refractivity contribution in [3.8, 4) is 22.8 Å². The van der Waals surface area contributed by atoms with Gasteiger partial charge in [0, 0.05) is 23.1 Å². The molecule has 0 saturated carbocycles. The number of nitrogens with zero attached hydrogens (tertiary/aromatic N) is 2. The van der Waals surface area contributed by atoms with Gasteiger partial charge in [0.15, 0.2) is 0 Å². The summed E-state index contributed by atoms with van der Waals surface area (Å²) in [5, 5.41) is 13.8. The third-order valence-corrected chi connectivity index (χ3v) is 3.68. The first-order valence-corrected chi connectivity index (χ1v) is 7.47. The number of nitrogens with one attached hydrogen (secondary N) is 1. The Kier molecular flexibility index (Phi) is 4.39. The van der Waals surface area contributed by atoms with Gasteiger partial charge in [0.1, 0.15) is 11.5 Å². The van der Waals surface area contributed by atoms with Gasteiger partial charge in [-0.2, -0.15) is 0 Å². The molecule has 0 fully saturated rings. The van der Waals surface area contributed by atoms with Crippen LogP contribution in [0.25, 0.3) is 11.3 Å². The number of nitrogens with two attached hydrogens (primary N) is 1. The molecule has 0 atom stereocenters. The van der Waals surface area contributed by atoms with E-state index >= 15 is 0 Å². The van der Waals surface area contributed by atoms with Gasteiger partial charge >= 0.3 is 0 Å². The molecule has 122 valence electrons. The van der Waals surface area contributed by atoms with Gasteiger partial charge in [-0.25, -0.2) is 9.97 Å². The predicted molar refractivity (Wildman–Crippen MR) is 94.8 cm³/mol. The number of rotatable bonds is 4. The molecule has 7 heteroatoms. The topological polar surface area (TPSA) is 93.3 Å². The van der Waals surface area contributed by atoms with Crippen LogP contribution in [-0.4, -0.2) is 22.2 Å². The summed E-state index contributed by atoms with van der Waals surface area (Å²) in [4.78, 5) is 7.98. The smallest absolute Gasteiger partial charge is 0.220 e. The van der Waals surface area contributed by atoms with Crippen molar-refractivity contribution in [3.05, 3.63) is 53.7 Å². The van der Waals surface area contributed by atoms with Gasteiger partial charge in [0.25, 0.3) is 0 Å². The lowest BCUT2D eigenvalue weighted by Crippen LogP contribution is -1.96. The van der Waals surface area contributed by atoms with Crippen LogP contribution < -0.4 is 15.8 Å². The number of phenols is 1. The number of hydrogen-bond acceptors (Lipinski definition) is 6. The third-order valence-electron chi connectivity index (χ3n) is 3.39. The predicted octanol–water partition coefficient (Wildman–Crippen LogP) is 3.84. The lowest BCUT2D eigenvalue weighted by molar-refractivity contribution is 0.415. The highest BCUT2D eigenvalue weighted by Gasteiger charge is 2.09. The first-order valence-electron chi connectivity index (χ1n) is 7.09. The van der Waals surface area contributed by atoms with E-state index in [1.807, 2.05) is 6.07 Å². The summed E-state index contributed by atoms with van der Waals surface area (Å²) in [5.74, 6) is 0.851. The fourth-order valence-electron chi connectivity index (χ4n) is 2.25. The number of ether oxygens (including phenoxy) is 1. The van der Waals surface area contributed by atoms with Gasteiger partial charge in [-0.1, -0.05) is 11.6 Å². The molecule has 0 unspecified atom stereocenters. The molecule has 2 aromatic carbocycles. The zero-order valence-electron chi connectivity index (χ0n) is 12.8. The van der Waals surface area contributed by atoms with Crippen molar-refractivity contribution in [2.24, 2.45) is 0 Å². The zero-order chi connectivity index (χ0) is 17.1. The normalized spacial score (nSPS) is 10.4. The van der Waals surface area contributed by atoms with Crippen LogP contribution in [-0.2, 0) is 0 Å². The van der Waals surface area contributed by atoms with E-state index in [0.717, 1.165) is 11.4 Å². The lowest BCUT2D eigenvalue weighted by atomic mass is 10.1. The summed E-state index contributed by atoms with van der Waals surface area (Å²) in [6.45, 7) is 0. The molecule has 0 saturated heterocycles. The van der Waals surface area contributed by atoms with Gasteiger partial charge in [-0.05, 0) is 42.5 Å². The van der Waals surface area contributed by atoms with Gasteiger partial charge < -0.3 is 20.9 Å². The minimum Gasteiger partial charge on any atom is -0.507 e. The molecule has 6 nitrogen and oxygen atoms in total. The van der Waals surface area contributed by atoms with Crippen molar-refractivity contribution in [2.45, 2.75) is 0 Å². The van der Waals surface area contributed by atoms with Crippen molar-refractivity contribution in [3.63, 3.8) is 0 Å². The number of benzene rings is 2. The maximum absolute atomic E-state index is 10.1. The van der Waals surface area contributed by atoms with E-state index in [1.165, 1.54) is 0 Å². The van der Waals surface area contributed by atoms with Crippen molar-refractivity contribution >= 4 is 28.9 Å². The van der Waals surface area contributed by atoms with E-state index < -0.39 is 0 Å². The van der Waals surface area contributed by atoms with Crippen molar-refractivity contribution in [2.75, 3.05) is 18.2 Å². The van der Waals surface area contributed by atoms with Crippen molar-refractivity contribution in [1.29, 1.82) is 0 Å². The number of nitrogen functional groups attached to an aromatic ring is 1. The summed E-state index contributed by atoms with van der Waals surface area (Å²) >= 11 is 6.13. The van der Waals surface area contributed by atoms with Crippen molar-refractivity contribution < 1.29 is 9.84 Å². The minimum absolute atomic E-state index is 0.103. The second-order valence-corrected chi connectivity index (χ2v) is 5.41. The molecule has 0 aliphatic heterocycles. The summed E-state index contributed by atoms with van der Waals surface area (Å²) in [5.41, 5.74) is 8.25. The SMILES string of the molecule is COc1ccc(Nc2ccc(O)c(-c3ccnc(N)n3)c2)cc1Cl. The number of methoxy groups -OCH3 is 1. The molecule has 3 rings (SSSR count). The van der Waals surface area contributed by atoms with E-state index in [2.05, 4.69) is 15.3 Å². The fourth-order valence-corrected chi connectivity index (χ4v) is 2.51. The molecule has 3 aromatic rings. The Bertz CT molecular complexity index is 886. The number of aromatic hydroxyl groups is 1. The standard InChI is InChI=1S/C17H15ClN4O2/c1-24-16-5-3-11(9-13(16)18)21-10-2-4-15(23)12(8-10)14-6-7-20-17(19)22-14/h2-9,21,23H,1H3,(H2,19,20,22). The lowest BCUT2D eigenvalue weighted by Gasteiger charge is -2.11. The van der Waals surface area contributed by atoms with Crippen LogP contribution in [0.2, 0.25) is 5.02 Å². The Morgan fingerprint density at radius 3 is 2.58 bits per heavy atom. The van der Waals surface area contributed by atoms with Crippen LogP contribution in [0, 0.1) is 0 Å². The third kappa shape index (κ3) is 3.33. The van der Waals surface area contributed by atoms with Gasteiger partial charge in [0.05, 0.1) is 17.8 Å². The van der Waals surface area contributed by atoms with Crippen LogP contribution in [0.1, 0.15) is 0 Å². The van der Waals surface area contributed by atoms with E-state index in [0.29, 0.717) is 22.0 Å². The quantitative estimate of drug-likeness (QED) is 0.624. The maximum atomic E-state index is 10.1. The molecule has 0 amide bonds. The molecule has 0 spiro atoms. The van der Waals surface area contributed by atoms with Gasteiger partial charge in [0.2, 0.25) is 5.95 Å². The summed E-state index contributed by atoms with van der Waals surface area (Å²) in [6, 6.07) is 12.2. The van der Waals surface area contributed by atoms with Crippen LogP contribution in [0.3, 0.4) is 0 Å². The number of halogens is 1. The van der Waals surface area contributed by atoms with Crippen LogP contribution in [0.5, 0.6) is 11.5 Å². The van der Waals surface area contributed by atoms with E-state index in [-0.39, 0.29) is 11.7 Å². The Balaban J connectivity index is 1.93. The Hall–Kier alpha value is -2.99. The molecule has 1 heterocycles. The Morgan fingerprint density at radius 2 is 1.88 bits per heavy atom. The second-order valence-electron chi connectivity index (χ2n) is 5.01. The zero-order valence-corrected chi connectivity index (χ0v) is 13.6. The number of aromatic nitrogens is 2. The fraction of sp³-hybridized carbons (Fsp3) is 0.0588. The number of anilines is 3. The summed E-state index contributed by atoms with van der Waals surface area (Å²) < 4.78 is 5.14. The molecule has 0 bridgehead atoms. The van der Waals surface area contributed by atoms with Crippen LogP contribution in [0.4, 0.5) is 17.3 Å². The van der Waals surface area contributed by atoms with E-state index in [9.17, 15) is 5.11 Å². The molecular formula is C17H15ClN4O2. The maximum Gasteiger partial charge on any atom is 0.220 e. The van der Waals surface area contributed by atoms with Crippen molar-refractivity contribution in [1.82, 2.24) is 9.97 Å². The summed E-state index contributed by atoms with van der Waals surface area (Å²) in [6.07, 6.45) is 1.54. The molecular weight excluding hydrogens is 328 g/mol. The van der Waals surface area contributed by atoms with Crippen LogP contribution in [0.15, 0.2) is 48.7 Å². The molecule has 24 heavy (non-hydrogen) atoms. The average molecular weight is 343 g/mol. The van der Waals surface area contributed by atoms with E-state index in [4.69, 9.17) is 22.1 Å². The van der Waals surface area contributed by atoms with Gasteiger partial charge in [-0.3, -0.25) is 0 Å². The summed E-state index contributed by atoms with van der Waals surface area (Å²) in [7, 11) is 1.56. The first-order chi connectivity index (χ1) is 11.6.